The quantitative estimate of drug-likeness (QED) is 0.194. The molecule has 0 saturated carbocycles. The van der Waals surface area contributed by atoms with Crippen LogP contribution in [0.2, 0.25) is 5.02 Å². The summed E-state index contributed by atoms with van der Waals surface area (Å²) >= 11 is 6.06. The normalized spacial score (nSPS) is 11.1. The number of ether oxygens (including phenoxy) is 1. The van der Waals surface area contributed by atoms with E-state index in [1.807, 2.05) is 19.1 Å². The highest BCUT2D eigenvalue weighted by Crippen LogP contribution is 2.30. The van der Waals surface area contributed by atoms with Crippen LogP contribution in [0.25, 0.3) is 33.1 Å². The summed E-state index contributed by atoms with van der Waals surface area (Å²) in [5.41, 5.74) is 1.02. The fraction of sp³-hybridized carbons (Fsp3) is 0.0385. The first-order valence-electron chi connectivity index (χ1n) is 9.98. The van der Waals surface area contributed by atoms with Gasteiger partial charge in [0.2, 0.25) is 0 Å². The molecule has 0 saturated heterocycles. The third kappa shape index (κ3) is 3.92. The van der Waals surface area contributed by atoms with E-state index in [4.69, 9.17) is 25.2 Å². The summed E-state index contributed by atoms with van der Waals surface area (Å²) in [7, 11) is 0. The summed E-state index contributed by atoms with van der Waals surface area (Å²) in [5, 5.41) is 1.58. The van der Waals surface area contributed by atoms with E-state index < -0.39 is 17.2 Å². The van der Waals surface area contributed by atoms with Crippen LogP contribution in [0.5, 0.6) is 5.75 Å². The van der Waals surface area contributed by atoms with Crippen molar-refractivity contribution in [1.82, 2.24) is 0 Å². The molecular weight excluding hydrogens is 444 g/mol. The molecule has 0 unspecified atom stereocenters. The van der Waals surface area contributed by atoms with Crippen LogP contribution >= 0.6 is 11.6 Å². The molecule has 0 fully saturated rings. The lowest BCUT2D eigenvalue weighted by Gasteiger charge is -2.09. The van der Waals surface area contributed by atoms with E-state index in [0.29, 0.717) is 32.5 Å². The van der Waals surface area contributed by atoms with E-state index in [2.05, 4.69) is 0 Å². The molecule has 0 aliphatic heterocycles. The molecule has 5 rings (SSSR count). The summed E-state index contributed by atoms with van der Waals surface area (Å²) in [4.78, 5) is 37.5. The highest BCUT2D eigenvalue weighted by Gasteiger charge is 2.16. The fourth-order valence-corrected chi connectivity index (χ4v) is 3.86. The maximum absolute atomic E-state index is 12.7. The second kappa shape index (κ2) is 8.07. The molecular formula is C26H15ClO6. The van der Waals surface area contributed by atoms with Crippen LogP contribution in [0.15, 0.2) is 91.2 Å². The van der Waals surface area contributed by atoms with Gasteiger partial charge in [0.1, 0.15) is 16.9 Å². The van der Waals surface area contributed by atoms with Gasteiger partial charge in [0.15, 0.2) is 0 Å². The number of aryl methyl sites for hydroxylation is 1. The summed E-state index contributed by atoms with van der Waals surface area (Å²) < 4.78 is 16.2. The Kier molecular flexibility index (Phi) is 5.07. The van der Waals surface area contributed by atoms with Crippen molar-refractivity contribution in [2.75, 3.05) is 0 Å². The summed E-state index contributed by atoms with van der Waals surface area (Å²) in [5.74, 6) is -0.327. The van der Waals surface area contributed by atoms with Crippen molar-refractivity contribution in [3.05, 3.63) is 110 Å². The minimum absolute atomic E-state index is 0.165. The van der Waals surface area contributed by atoms with Crippen LogP contribution in [0.1, 0.15) is 15.9 Å². The smallest absolute Gasteiger partial charge is 0.344 e. The standard InChI is InChI=1S/C26H15ClO6/c1-14-4-2-3-5-18(14)25(29)31-17-7-8-19-20(13-24(28)32-23(19)12-17)21-11-15-10-16(27)6-9-22(15)33-26(21)30/h2-13H,1H3. The lowest BCUT2D eigenvalue weighted by atomic mass is 10.0. The van der Waals surface area contributed by atoms with Crippen molar-refractivity contribution in [1.29, 1.82) is 0 Å². The Morgan fingerprint density at radius 1 is 0.848 bits per heavy atom. The first-order chi connectivity index (χ1) is 15.9. The molecule has 0 bridgehead atoms. The van der Waals surface area contributed by atoms with Gasteiger partial charge in [-0.25, -0.2) is 14.4 Å². The van der Waals surface area contributed by atoms with E-state index in [1.165, 1.54) is 12.1 Å². The largest absolute Gasteiger partial charge is 0.423 e. The lowest BCUT2D eigenvalue weighted by Crippen LogP contribution is -2.10. The van der Waals surface area contributed by atoms with Crippen LogP contribution in [-0.2, 0) is 0 Å². The molecule has 0 radical (unpaired) electrons. The number of esters is 1. The van der Waals surface area contributed by atoms with Crippen molar-refractivity contribution in [3.8, 4) is 16.9 Å². The van der Waals surface area contributed by atoms with Crippen LogP contribution in [0, 0.1) is 6.92 Å². The Hall–Kier alpha value is -4.16. The maximum Gasteiger partial charge on any atom is 0.344 e. The molecule has 162 valence electrons. The van der Waals surface area contributed by atoms with E-state index in [1.54, 1.807) is 48.5 Å². The number of carbonyl (C=O) groups is 1. The Morgan fingerprint density at radius 2 is 1.67 bits per heavy atom. The van der Waals surface area contributed by atoms with Crippen LogP contribution in [-0.4, -0.2) is 5.97 Å². The van der Waals surface area contributed by atoms with Crippen molar-refractivity contribution in [3.63, 3.8) is 0 Å². The van der Waals surface area contributed by atoms with Gasteiger partial charge in [-0.05, 0) is 55.0 Å². The molecule has 33 heavy (non-hydrogen) atoms. The van der Waals surface area contributed by atoms with E-state index in [0.717, 1.165) is 5.56 Å². The molecule has 0 aliphatic carbocycles. The highest BCUT2D eigenvalue weighted by atomic mass is 35.5. The van der Waals surface area contributed by atoms with E-state index in [9.17, 15) is 14.4 Å². The number of fused-ring (bicyclic) bond motifs is 2. The van der Waals surface area contributed by atoms with Crippen molar-refractivity contribution in [2.24, 2.45) is 0 Å². The molecule has 5 aromatic rings. The molecule has 3 aromatic carbocycles. The number of rotatable bonds is 3. The average molecular weight is 459 g/mol. The second-order valence-electron chi connectivity index (χ2n) is 7.47. The Morgan fingerprint density at radius 3 is 2.48 bits per heavy atom. The summed E-state index contributed by atoms with van der Waals surface area (Å²) in [6.07, 6.45) is 0. The molecule has 2 aromatic heterocycles. The number of carbonyl (C=O) groups excluding carboxylic acids is 1. The number of hydrogen-bond donors (Lipinski definition) is 0. The van der Waals surface area contributed by atoms with Gasteiger partial charge in [0.05, 0.1) is 11.1 Å². The molecule has 2 heterocycles. The van der Waals surface area contributed by atoms with Gasteiger partial charge in [-0.3, -0.25) is 0 Å². The second-order valence-corrected chi connectivity index (χ2v) is 7.91. The first-order valence-corrected chi connectivity index (χ1v) is 10.4. The minimum atomic E-state index is -0.662. The number of halogens is 1. The van der Waals surface area contributed by atoms with Crippen LogP contribution < -0.4 is 16.0 Å². The molecule has 0 aliphatic rings. The zero-order valence-electron chi connectivity index (χ0n) is 17.3. The maximum atomic E-state index is 12.7. The lowest BCUT2D eigenvalue weighted by molar-refractivity contribution is 0.0734. The third-order valence-corrected chi connectivity index (χ3v) is 5.51. The predicted molar refractivity (Wildman–Crippen MR) is 125 cm³/mol. The van der Waals surface area contributed by atoms with Gasteiger partial charge in [-0.2, -0.15) is 0 Å². The Bertz CT molecular complexity index is 1680. The zero-order valence-corrected chi connectivity index (χ0v) is 18.0. The molecule has 0 amide bonds. The predicted octanol–water partition coefficient (Wildman–Crippen LogP) is 5.75. The average Bonchev–Trinajstić information content (AvgIpc) is 2.78. The van der Waals surface area contributed by atoms with E-state index in [-0.39, 0.29) is 16.9 Å². The van der Waals surface area contributed by atoms with Crippen molar-refractivity contribution < 1.29 is 18.4 Å². The zero-order chi connectivity index (χ0) is 23.1. The van der Waals surface area contributed by atoms with E-state index >= 15 is 0 Å². The van der Waals surface area contributed by atoms with Crippen molar-refractivity contribution in [2.45, 2.75) is 6.92 Å². The van der Waals surface area contributed by atoms with Crippen molar-refractivity contribution >= 4 is 39.5 Å². The van der Waals surface area contributed by atoms with Crippen LogP contribution in [0.3, 0.4) is 0 Å². The Labute approximate surface area is 191 Å². The molecule has 0 N–H and O–H groups in total. The van der Waals surface area contributed by atoms with Gasteiger partial charge >= 0.3 is 17.2 Å². The van der Waals surface area contributed by atoms with Gasteiger partial charge in [-0.15, -0.1) is 0 Å². The first kappa shape index (κ1) is 20.7. The van der Waals surface area contributed by atoms with Gasteiger partial charge in [-0.1, -0.05) is 29.8 Å². The molecule has 7 heteroatoms. The molecule has 0 atom stereocenters. The third-order valence-electron chi connectivity index (χ3n) is 5.28. The monoisotopic (exact) mass is 458 g/mol. The van der Waals surface area contributed by atoms with Crippen LogP contribution in [0.4, 0.5) is 0 Å². The minimum Gasteiger partial charge on any atom is -0.423 e. The summed E-state index contributed by atoms with van der Waals surface area (Å²) in [6.45, 7) is 1.81. The molecule has 0 spiro atoms. The topological polar surface area (TPSA) is 86.7 Å². The van der Waals surface area contributed by atoms with Gasteiger partial charge in [0, 0.05) is 33.5 Å². The highest BCUT2D eigenvalue weighted by molar-refractivity contribution is 6.31. The SMILES string of the molecule is Cc1ccccc1C(=O)Oc1ccc2c(-c3cc4cc(Cl)ccc4oc3=O)cc(=O)oc2c1. The summed E-state index contributed by atoms with van der Waals surface area (Å²) in [6, 6.07) is 19.4. The number of benzene rings is 3. The molecule has 6 nitrogen and oxygen atoms in total. The number of hydrogen-bond acceptors (Lipinski definition) is 6. The van der Waals surface area contributed by atoms with Gasteiger partial charge < -0.3 is 13.6 Å². The van der Waals surface area contributed by atoms with Gasteiger partial charge in [0.25, 0.3) is 0 Å². The fourth-order valence-electron chi connectivity index (χ4n) is 3.68. The Balaban J connectivity index is 1.61.